The molecule has 1 aromatic rings. The lowest BCUT2D eigenvalue weighted by Crippen LogP contribution is -2.36. The smallest absolute Gasteiger partial charge is 0.231 e. The Balaban J connectivity index is 1.75. The van der Waals surface area contributed by atoms with E-state index in [0.29, 0.717) is 24.6 Å². The van der Waals surface area contributed by atoms with Gasteiger partial charge in [0.15, 0.2) is 11.5 Å². The fourth-order valence-electron chi connectivity index (χ4n) is 2.73. The van der Waals surface area contributed by atoms with Crippen molar-refractivity contribution in [1.29, 1.82) is 0 Å². The predicted molar refractivity (Wildman–Crippen MR) is 71.4 cm³/mol. The molecule has 1 aromatic carbocycles. The Hall–Kier alpha value is -1.95. The third-order valence-corrected chi connectivity index (χ3v) is 4.12. The molecule has 0 aliphatic carbocycles. The molecule has 1 saturated heterocycles. The maximum Gasteiger partial charge on any atom is 0.231 e. The Kier molecular flexibility index (Phi) is 2.97. The van der Waals surface area contributed by atoms with Crippen LogP contribution in [0.15, 0.2) is 12.1 Å². The van der Waals surface area contributed by atoms with Crippen molar-refractivity contribution < 1.29 is 19.4 Å². The van der Waals surface area contributed by atoms with E-state index in [1.807, 2.05) is 6.92 Å². The molecule has 20 heavy (non-hydrogen) atoms. The minimum absolute atomic E-state index is 0.182. The van der Waals surface area contributed by atoms with Crippen LogP contribution in [0, 0.1) is 5.41 Å². The van der Waals surface area contributed by atoms with Gasteiger partial charge >= 0.3 is 0 Å². The Labute approximate surface area is 117 Å². The number of aromatic hydroxyl groups is 1. The molecule has 2 aliphatic rings. The molecule has 3 N–H and O–H groups in total. The summed E-state index contributed by atoms with van der Waals surface area (Å²) in [6.45, 7) is 4.02. The first-order valence-corrected chi connectivity index (χ1v) is 6.62. The second-order valence-corrected chi connectivity index (χ2v) is 5.72. The van der Waals surface area contributed by atoms with E-state index in [4.69, 9.17) is 15.2 Å². The van der Waals surface area contributed by atoms with Gasteiger partial charge in [0.1, 0.15) is 5.75 Å². The van der Waals surface area contributed by atoms with Gasteiger partial charge in [-0.15, -0.1) is 0 Å². The molecule has 1 atom stereocenters. The maximum atomic E-state index is 11.5. The van der Waals surface area contributed by atoms with Crippen molar-refractivity contribution in [3.8, 4) is 17.2 Å². The zero-order valence-corrected chi connectivity index (χ0v) is 11.4. The van der Waals surface area contributed by atoms with Gasteiger partial charge in [0.2, 0.25) is 12.7 Å². The number of likely N-dealkylation sites (tertiary alicyclic amines) is 1. The van der Waals surface area contributed by atoms with Crippen molar-refractivity contribution in [2.24, 2.45) is 11.1 Å². The number of nitrogens with two attached hydrogens (primary N) is 1. The lowest BCUT2D eigenvalue weighted by molar-refractivity contribution is -0.126. The molecule has 0 aromatic heterocycles. The van der Waals surface area contributed by atoms with E-state index < -0.39 is 5.41 Å². The average molecular weight is 278 g/mol. The van der Waals surface area contributed by atoms with Crippen molar-refractivity contribution in [3.63, 3.8) is 0 Å². The lowest BCUT2D eigenvalue weighted by Gasteiger charge is -2.21. The van der Waals surface area contributed by atoms with Gasteiger partial charge in [-0.3, -0.25) is 9.69 Å². The first-order valence-electron chi connectivity index (χ1n) is 6.62. The van der Waals surface area contributed by atoms with Crippen molar-refractivity contribution in [1.82, 2.24) is 4.90 Å². The van der Waals surface area contributed by atoms with E-state index in [0.717, 1.165) is 18.5 Å². The van der Waals surface area contributed by atoms with Gasteiger partial charge in [-0.1, -0.05) is 0 Å². The Morgan fingerprint density at radius 3 is 2.80 bits per heavy atom. The molecule has 0 saturated carbocycles. The van der Waals surface area contributed by atoms with Crippen LogP contribution in [0.1, 0.15) is 18.9 Å². The Bertz CT molecular complexity index is 560. The molecule has 1 amide bonds. The van der Waals surface area contributed by atoms with Crippen molar-refractivity contribution in [2.75, 3.05) is 19.9 Å². The minimum atomic E-state index is -0.480. The standard InChI is InChI=1S/C14H18N2O4/c1-14(13(15)18)2-3-16(7-14)6-9-4-11-12(5-10(9)17)20-8-19-11/h4-5,17H,2-3,6-8H2,1H3,(H2,15,18). The molecule has 6 heteroatoms. The van der Waals surface area contributed by atoms with Gasteiger partial charge in [-0.05, 0) is 26.0 Å². The Morgan fingerprint density at radius 1 is 1.45 bits per heavy atom. The number of hydrogen-bond donors (Lipinski definition) is 2. The summed E-state index contributed by atoms with van der Waals surface area (Å²) in [5, 5.41) is 10.0. The number of rotatable bonds is 3. The highest BCUT2D eigenvalue weighted by Gasteiger charge is 2.38. The second kappa shape index (κ2) is 4.56. The molecule has 6 nitrogen and oxygen atoms in total. The van der Waals surface area contributed by atoms with Crippen LogP contribution in [-0.4, -0.2) is 35.8 Å². The molecule has 2 heterocycles. The van der Waals surface area contributed by atoms with Gasteiger partial charge in [-0.25, -0.2) is 0 Å². The molecular formula is C14H18N2O4. The van der Waals surface area contributed by atoms with Crippen LogP contribution in [-0.2, 0) is 11.3 Å². The van der Waals surface area contributed by atoms with Crippen LogP contribution in [0.4, 0.5) is 0 Å². The second-order valence-electron chi connectivity index (χ2n) is 5.72. The van der Waals surface area contributed by atoms with Crippen LogP contribution in [0.25, 0.3) is 0 Å². The molecule has 2 aliphatic heterocycles. The topological polar surface area (TPSA) is 85.0 Å². The highest BCUT2D eigenvalue weighted by molar-refractivity contribution is 5.81. The Morgan fingerprint density at radius 2 is 2.15 bits per heavy atom. The molecule has 0 bridgehead atoms. The van der Waals surface area contributed by atoms with E-state index in [2.05, 4.69) is 4.90 Å². The fourth-order valence-corrected chi connectivity index (χ4v) is 2.73. The van der Waals surface area contributed by atoms with Crippen LogP contribution in [0.2, 0.25) is 0 Å². The van der Waals surface area contributed by atoms with E-state index >= 15 is 0 Å². The lowest BCUT2D eigenvalue weighted by atomic mass is 9.89. The molecule has 108 valence electrons. The van der Waals surface area contributed by atoms with Crippen LogP contribution >= 0.6 is 0 Å². The van der Waals surface area contributed by atoms with Crippen LogP contribution in [0.5, 0.6) is 17.2 Å². The van der Waals surface area contributed by atoms with Gasteiger partial charge in [0, 0.05) is 24.7 Å². The number of amides is 1. The van der Waals surface area contributed by atoms with Crippen LogP contribution < -0.4 is 15.2 Å². The maximum absolute atomic E-state index is 11.5. The number of carbonyl (C=O) groups excluding carboxylic acids is 1. The third-order valence-electron chi connectivity index (χ3n) is 4.12. The summed E-state index contributed by atoms with van der Waals surface area (Å²) in [5.74, 6) is 1.13. The van der Waals surface area contributed by atoms with Crippen molar-refractivity contribution >= 4 is 5.91 Å². The fraction of sp³-hybridized carbons (Fsp3) is 0.500. The number of primary amides is 1. The summed E-state index contributed by atoms with van der Waals surface area (Å²) in [7, 11) is 0. The zero-order chi connectivity index (χ0) is 14.3. The molecule has 1 fully saturated rings. The summed E-state index contributed by atoms with van der Waals surface area (Å²) < 4.78 is 10.5. The highest BCUT2D eigenvalue weighted by Crippen LogP contribution is 2.39. The first-order chi connectivity index (χ1) is 9.48. The number of phenolic OH excluding ortho intramolecular Hbond substituents is 1. The number of carbonyl (C=O) groups is 1. The molecule has 0 spiro atoms. The number of fused-ring (bicyclic) bond motifs is 1. The zero-order valence-electron chi connectivity index (χ0n) is 11.4. The third kappa shape index (κ3) is 2.16. The van der Waals surface area contributed by atoms with Gasteiger partial charge < -0.3 is 20.3 Å². The summed E-state index contributed by atoms with van der Waals surface area (Å²) in [6.07, 6.45) is 0.744. The van der Waals surface area contributed by atoms with Gasteiger partial charge in [0.25, 0.3) is 0 Å². The average Bonchev–Trinajstić information content (AvgIpc) is 2.97. The van der Waals surface area contributed by atoms with Crippen molar-refractivity contribution in [3.05, 3.63) is 17.7 Å². The largest absolute Gasteiger partial charge is 0.507 e. The van der Waals surface area contributed by atoms with Gasteiger partial charge in [0.05, 0.1) is 5.41 Å². The molecule has 3 rings (SSSR count). The van der Waals surface area contributed by atoms with E-state index in [1.54, 1.807) is 12.1 Å². The summed E-state index contributed by atoms with van der Waals surface area (Å²) >= 11 is 0. The normalized spacial score (nSPS) is 25.1. The monoisotopic (exact) mass is 278 g/mol. The molecular weight excluding hydrogens is 260 g/mol. The minimum Gasteiger partial charge on any atom is -0.507 e. The molecule has 0 radical (unpaired) electrons. The SMILES string of the molecule is CC1(C(N)=O)CCN(Cc2cc3c(cc2O)OCO3)C1. The van der Waals surface area contributed by atoms with Crippen molar-refractivity contribution in [2.45, 2.75) is 19.9 Å². The first kappa shape index (κ1) is 13.1. The van der Waals surface area contributed by atoms with Crippen LogP contribution in [0.3, 0.4) is 0 Å². The van der Waals surface area contributed by atoms with Gasteiger partial charge in [-0.2, -0.15) is 0 Å². The number of hydrogen-bond acceptors (Lipinski definition) is 5. The number of nitrogens with zero attached hydrogens (tertiary/aromatic N) is 1. The molecule has 1 unspecified atom stereocenters. The number of ether oxygens (including phenoxy) is 2. The quantitative estimate of drug-likeness (QED) is 0.855. The van der Waals surface area contributed by atoms with E-state index in [1.165, 1.54) is 0 Å². The number of benzene rings is 1. The summed E-state index contributed by atoms with van der Waals surface area (Å²) in [6, 6.07) is 3.36. The predicted octanol–water partition coefficient (Wildman–Crippen LogP) is 0.818. The summed E-state index contributed by atoms with van der Waals surface area (Å²) in [5.41, 5.74) is 5.73. The van der Waals surface area contributed by atoms with E-state index in [-0.39, 0.29) is 18.4 Å². The van der Waals surface area contributed by atoms with E-state index in [9.17, 15) is 9.90 Å². The number of phenols is 1. The highest BCUT2D eigenvalue weighted by atomic mass is 16.7. The summed E-state index contributed by atoms with van der Waals surface area (Å²) in [4.78, 5) is 13.6.